The van der Waals surface area contributed by atoms with E-state index in [9.17, 15) is 4.79 Å². The molecule has 0 atom stereocenters. The Hall–Kier alpha value is -0.710. The highest BCUT2D eigenvalue weighted by Crippen LogP contribution is 2.28. The van der Waals surface area contributed by atoms with Crippen molar-refractivity contribution >= 4 is 22.8 Å². The van der Waals surface area contributed by atoms with Gasteiger partial charge in [-0.15, -0.1) is 0 Å². The quantitative estimate of drug-likeness (QED) is 0.847. The van der Waals surface area contributed by atoms with Crippen LogP contribution in [0.2, 0.25) is 0 Å². The molecule has 0 radical (unpaired) electrons. The van der Waals surface area contributed by atoms with Crippen LogP contribution in [0.3, 0.4) is 0 Å². The van der Waals surface area contributed by atoms with Gasteiger partial charge in [0.25, 0.3) is 0 Å². The van der Waals surface area contributed by atoms with Crippen LogP contribution in [0.15, 0.2) is 4.99 Å². The second kappa shape index (κ2) is 5.95. The molecule has 102 valence electrons. The van der Waals surface area contributed by atoms with Crippen LogP contribution in [-0.4, -0.2) is 46.9 Å². The van der Waals surface area contributed by atoms with Crippen molar-refractivity contribution in [3.63, 3.8) is 0 Å². The molecule has 2 heterocycles. The Morgan fingerprint density at radius 1 is 1.39 bits per heavy atom. The average Bonchev–Trinajstić information content (AvgIpc) is 3.06. The predicted molar refractivity (Wildman–Crippen MR) is 77.0 cm³/mol. The number of rotatable bonds is 4. The van der Waals surface area contributed by atoms with Gasteiger partial charge < -0.3 is 10.2 Å². The number of hydrogen-bond donors (Lipinski definition) is 1. The molecule has 0 aromatic carbocycles. The van der Waals surface area contributed by atoms with Crippen LogP contribution in [0, 0.1) is 0 Å². The Balaban J connectivity index is 1.85. The van der Waals surface area contributed by atoms with E-state index in [1.165, 1.54) is 0 Å². The lowest BCUT2D eigenvalue weighted by molar-refractivity contribution is -0.128. The molecule has 0 aliphatic carbocycles. The molecule has 2 aliphatic heterocycles. The topological polar surface area (TPSA) is 44.7 Å². The lowest BCUT2D eigenvalue weighted by atomic mass is 9.96. The van der Waals surface area contributed by atoms with E-state index in [-0.39, 0.29) is 11.4 Å². The fourth-order valence-corrected chi connectivity index (χ4v) is 3.77. The molecular weight excluding hydrogens is 246 g/mol. The summed E-state index contributed by atoms with van der Waals surface area (Å²) < 4.78 is 0. The number of hydrogen-bond acceptors (Lipinski definition) is 3. The highest BCUT2D eigenvalue weighted by molar-refractivity contribution is 8.14. The Kier molecular flexibility index (Phi) is 4.54. The van der Waals surface area contributed by atoms with Gasteiger partial charge in [0.2, 0.25) is 5.91 Å². The summed E-state index contributed by atoms with van der Waals surface area (Å²) in [5.41, 5.74) is 0.195. The molecule has 1 N–H and O–H groups in total. The van der Waals surface area contributed by atoms with Gasteiger partial charge in [0.15, 0.2) is 5.17 Å². The number of carbonyl (C=O) groups is 1. The molecular formula is C13H23N3OS. The monoisotopic (exact) mass is 269 g/mol. The summed E-state index contributed by atoms with van der Waals surface area (Å²) in [7, 11) is 0. The van der Waals surface area contributed by atoms with Crippen molar-refractivity contribution in [2.75, 3.05) is 25.4 Å². The van der Waals surface area contributed by atoms with Gasteiger partial charge in [-0.1, -0.05) is 25.6 Å². The summed E-state index contributed by atoms with van der Waals surface area (Å²) in [6.07, 6.45) is 4.50. The third-order valence-electron chi connectivity index (χ3n) is 4.03. The van der Waals surface area contributed by atoms with Crippen molar-refractivity contribution in [2.24, 2.45) is 4.99 Å². The van der Waals surface area contributed by atoms with E-state index >= 15 is 0 Å². The van der Waals surface area contributed by atoms with Crippen molar-refractivity contribution in [3.8, 4) is 0 Å². The maximum absolute atomic E-state index is 11.9. The molecule has 4 nitrogen and oxygen atoms in total. The van der Waals surface area contributed by atoms with E-state index < -0.39 is 0 Å². The van der Waals surface area contributed by atoms with Crippen LogP contribution in [0.25, 0.3) is 0 Å². The molecule has 0 saturated carbocycles. The smallest absolute Gasteiger partial charge is 0.244 e. The highest BCUT2D eigenvalue weighted by Gasteiger charge is 2.33. The summed E-state index contributed by atoms with van der Waals surface area (Å²) in [5.74, 6) is 1.24. The maximum Gasteiger partial charge on any atom is 0.244 e. The van der Waals surface area contributed by atoms with Crippen molar-refractivity contribution < 1.29 is 4.79 Å². The van der Waals surface area contributed by atoms with Crippen LogP contribution in [-0.2, 0) is 4.79 Å². The molecule has 2 aliphatic rings. The zero-order valence-electron chi connectivity index (χ0n) is 11.4. The third-order valence-corrected chi connectivity index (χ3v) is 5.23. The molecule has 0 bridgehead atoms. The summed E-state index contributed by atoms with van der Waals surface area (Å²) in [6.45, 7) is 6.54. The second-order valence-electron chi connectivity index (χ2n) is 5.11. The number of likely N-dealkylation sites (tertiary alicyclic amines) is 1. The number of carbonyl (C=O) groups excluding carboxylic acids is 1. The van der Waals surface area contributed by atoms with E-state index in [1.54, 1.807) is 11.8 Å². The van der Waals surface area contributed by atoms with Gasteiger partial charge in [0.05, 0.1) is 0 Å². The Morgan fingerprint density at radius 2 is 2.06 bits per heavy atom. The van der Waals surface area contributed by atoms with Gasteiger partial charge in [-0.2, -0.15) is 0 Å². The Labute approximate surface area is 114 Å². The summed E-state index contributed by atoms with van der Waals surface area (Å²) in [6, 6.07) is 0. The number of amides is 1. The van der Waals surface area contributed by atoms with E-state index in [0.29, 0.717) is 6.54 Å². The lowest BCUT2D eigenvalue weighted by Crippen LogP contribution is -2.42. The molecule has 1 amide bonds. The number of nitrogens with zero attached hydrogens (tertiary/aromatic N) is 2. The Bertz CT molecular complexity index is 333. The number of nitrogens with one attached hydrogen (secondary N) is 1. The van der Waals surface area contributed by atoms with Gasteiger partial charge in [-0.25, -0.2) is 0 Å². The number of amidine groups is 1. The van der Waals surface area contributed by atoms with Crippen molar-refractivity contribution in [3.05, 3.63) is 0 Å². The van der Waals surface area contributed by atoms with Gasteiger partial charge >= 0.3 is 0 Å². The number of thioether (sulfide) groups is 1. The first-order valence-electron chi connectivity index (χ1n) is 6.92. The van der Waals surface area contributed by atoms with Gasteiger partial charge in [-0.3, -0.25) is 9.79 Å². The zero-order valence-corrected chi connectivity index (χ0v) is 12.2. The molecule has 18 heavy (non-hydrogen) atoms. The van der Waals surface area contributed by atoms with E-state index in [0.717, 1.165) is 49.7 Å². The summed E-state index contributed by atoms with van der Waals surface area (Å²) >= 11 is 1.75. The molecule has 5 heteroatoms. The minimum Gasteiger partial charge on any atom is -0.359 e. The zero-order chi connectivity index (χ0) is 13.0. The van der Waals surface area contributed by atoms with Gasteiger partial charge in [0, 0.05) is 24.4 Å². The predicted octanol–water partition coefficient (Wildman–Crippen LogP) is 1.86. The van der Waals surface area contributed by atoms with Gasteiger partial charge in [-0.05, 0) is 25.7 Å². The number of aliphatic imine (C=N–C) groups is 1. The van der Waals surface area contributed by atoms with Crippen LogP contribution >= 0.6 is 11.8 Å². The van der Waals surface area contributed by atoms with Crippen molar-refractivity contribution in [2.45, 2.75) is 45.1 Å². The van der Waals surface area contributed by atoms with Crippen molar-refractivity contribution in [1.82, 2.24) is 10.2 Å². The van der Waals surface area contributed by atoms with E-state index in [2.05, 4.69) is 24.2 Å². The third kappa shape index (κ3) is 2.99. The Morgan fingerprint density at radius 3 is 2.61 bits per heavy atom. The van der Waals surface area contributed by atoms with Crippen LogP contribution in [0.4, 0.5) is 0 Å². The molecule has 0 unspecified atom stereocenters. The average molecular weight is 269 g/mol. The van der Waals surface area contributed by atoms with Crippen LogP contribution in [0.5, 0.6) is 0 Å². The van der Waals surface area contributed by atoms with Crippen molar-refractivity contribution in [1.29, 1.82) is 0 Å². The van der Waals surface area contributed by atoms with Crippen LogP contribution in [0.1, 0.15) is 39.5 Å². The van der Waals surface area contributed by atoms with E-state index in [4.69, 9.17) is 0 Å². The first kappa shape index (κ1) is 13.7. The maximum atomic E-state index is 11.9. The molecule has 0 aromatic heterocycles. The SMILES string of the molecule is CCC1(CC)CSC(=NCC(=O)N2CCCC2)N1. The van der Waals surface area contributed by atoms with Crippen LogP contribution < -0.4 is 5.32 Å². The second-order valence-corrected chi connectivity index (χ2v) is 6.07. The summed E-state index contributed by atoms with van der Waals surface area (Å²) in [5, 5.41) is 4.44. The first-order chi connectivity index (χ1) is 8.69. The first-order valence-corrected chi connectivity index (χ1v) is 7.91. The molecule has 0 aromatic rings. The fraction of sp³-hybridized carbons (Fsp3) is 0.846. The lowest BCUT2D eigenvalue weighted by Gasteiger charge is -2.25. The molecule has 0 spiro atoms. The standard InChI is InChI=1S/C13H23N3OS/c1-3-13(4-2)10-18-12(15-13)14-9-11(17)16-7-5-6-8-16/h3-10H2,1-2H3,(H,14,15). The van der Waals surface area contributed by atoms with E-state index in [1.807, 2.05) is 4.90 Å². The highest BCUT2D eigenvalue weighted by atomic mass is 32.2. The molecule has 2 saturated heterocycles. The normalized spacial score (nSPS) is 24.6. The minimum atomic E-state index is 0.174. The fourth-order valence-electron chi connectivity index (χ4n) is 2.43. The molecule has 2 fully saturated rings. The van der Waals surface area contributed by atoms with Gasteiger partial charge in [0.1, 0.15) is 6.54 Å². The summed E-state index contributed by atoms with van der Waals surface area (Å²) in [4.78, 5) is 18.2. The minimum absolute atomic E-state index is 0.174. The largest absolute Gasteiger partial charge is 0.359 e. The molecule has 2 rings (SSSR count).